The zero-order valence-corrected chi connectivity index (χ0v) is 21.7. The molecule has 0 aromatic rings. The molecule has 3 saturated carbocycles. The number of unbranched alkanes of at least 4 members (excludes halogenated alkanes) is 7. The van der Waals surface area contributed by atoms with Gasteiger partial charge in [-0.3, -0.25) is 4.79 Å². The summed E-state index contributed by atoms with van der Waals surface area (Å²) in [4.78, 5) is 12.5. The van der Waals surface area contributed by atoms with Crippen LogP contribution in [0.15, 0.2) is 11.6 Å². The lowest BCUT2D eigenvalue weighted by Gasteiger charge is -2.58. The summed E-state index contributed by atoms with van der Waals surface area (Å²) < 4.78 is 5.93. The number of aliphatic hydroxyl groups excluding tert-OH is 1. The maximum atomic E-state index is 12.5. The Morgan fingerprint density at radius 3 is 2.42 bits per heavy atom. The van der Waals surface area contributed by atoms with Gasteiger partial charge in [0.2, 0.25) is 0 Å². The highest BCUT2D eigenvalue weighted by Crippen LogP contribution is 2.65. The summed E-state index contributed by atoms with van der Waals surface area (Å²) in [5.41, 5.74) is 2.00. The molecular formula is C30H50O3. The van der Waals surface area contributed by atoms with Crippen molar-refractivity contribution in [1.29, 1.82) is 0 Å². The molecular weight excluding hydrogens is 408 g/mol. The smallest absolute Gasteiger partial charge is 0.306 e. The number of rotatable bonds is 10. The van der Waals surface area contributed by atoms with E-state index in [1.165, 1.54) is 64.2 Å². The Labute approximate surface area is 203 Å². The largest absolute Gasteiger partial charge is 0.458 e. The summed E-state index contributed by atoms with van der Waals surface area (Å²) >= 11 is 0. The molecule has 7 atom stereocenters. The maximum Gasteiger partial charge on any atom is 0.306 e. The number of allylic oxidation sites excluding steroid dienone is 1. The van der Waals surface area contributed by atoms with Gasteiger partial charge in [0.25, 0.3) is 0 Å². The Morgan fingerprint density at radius 1 is 0.939 bits per heavy atom. The summed E-state index contributed by atoms with van der Waals surface area (Å²) in [5.74, 6) is 2.22. The van der Waals surface area contributed by atoms with E-state index in [1.54, 1.807) is 5.57 Å². The van der Waals surface area contributed by atoms with Crippen LogP contribution in [0.1, 0.15) is 130 Å². The van der Waals surface area contributed by atoms with Crippen molar-refractivity contribution in [3.63, 3.8) is 0 Å². The highest BCUT2D eigenvalue weighted by molar-refractivity contribution is 5.69. The molecule has 0 spiro atoms. The maximum absolute atomic E-state index is 12.5. The van der Waals surface area contributed by atoms with Gasteiger partial charge in [0, 0.05) is 6.42 Å². The molecule has 3 heteroatoms. The standard InChI is InChI=1S/C30H50O3/c1-4-5-6-7-8-9-10-11-12-28(32)33-23-17-19-29(2)22(21-23)13-14-24-25-15-16-27(31)30(25,3)20-18-26(24)29/h21,23-27,31H,4-20H2,1-3H3/t23-,24-,25-,26-,27-,29-,30-/m0/s1. The van der Waals surface area contributed by atoms with Gasteiger partial charge in [-0.05, 0) is 92.4 Å². The number of fused-ring (bicyclic) bond motifs is 5. The first-order valence-corrected chi connectivity index (χ1v) is 14.5. The van der Waals surface area contributed by atoms with Crippen LogP contribution >= 0.6 is 0 Å². The van der Waals surface area contributed by atoms with Gasteiger partial charge in [-0.25, -0.2) is 0 Å². The molecule has 0 aliphatic heterocycles. The second-order valence-corrected chi connectivity index (χ2v) is 12.5. The Hall–Kier alpha value is -0.830. The third-order valence-electron chi connectivity index (χ3n) is 10.5. The van der Waals surface area contributed by atoms with Crippen molar-refractivity contribution in [1.82, 2.24) is 0 Å². The van der Waals surface area contributed by atoms with E-state index < -0.39 is 0 Å². The highest BCUT2D eigenvalue weighted by Gasteiger charge is 2.58. The van der Waals surface area contributed by atoms with Crippen LogP contribution in [0.2, 0.25) is 0 Å². The van der Waals surface area contributed by atoms with Crippen molar-refractivity contribution in [3.05, 3.63) is 11.6 Å². The van der Waals surface area contributed by atoms with Crippen molar-refractivity contribution in [2.45, 2.75) is 142 Å². The SMILES string of the molecule is CCCCCCCCCCC(=O)O[C@@H]1C=C2CC[C@H]3[C@@H]4CC[C@H](O)[C@@]4(C)CC[C@@H]3[C@@]2(C)CC1. The first-order chi connectivity index (χ1) is 15.9. The fourth-order valence-corrected chi connectivity index (χ4v) is 8.39. The second-order valence-electron chi connectivity index (χ2n) is 12.5. The predicted octanol–water partition coefficient (Wildman–Crippen LogP) is 7.75. The van der Waals surface area contributed by atoms with Gasteiger partial charge in [-0.15, -0.1) is 0 Å². The monoisotopic (exact) mass is 458 g/mol. The summed E-state index contributed by atoms with van der Waals surface area (Å²) in [6.45, 7) is 7.12. The molecule has 0 aromatic heterocycles. The summed E-state index contributed by atoms with van der Waals surface area (Å²) in [5, 5.41) is 10.7. The van der Waals surface area contributed by atoms with Crippen LogP contribution in [0.4, 0.5) is 0 Å². The van der Waals surface area contributed by atoms with Crippen LogP contribution in [0, 0.1) is 28.6 Å². The third kappa shape index (κ3) is 5.24. The summed E-state index contributed by atoms with van der Waals surface area (Å²) in [7, 11) is 0. The molecule has 1 N–H and O–H groups in total. The number of carbonyl (C=O) groups excluding carboxylic acids is 1. The zero-order chi connectivity index (χ0) is 23.5. The Kier molecular flexibility index (Phi) is 8.30. The summed E-state index contributed by atoms with van der Waals surface area (Å²) in [6, 6.07) is 0. The molecule has 4 aliphatic rings. The molecule has 0 amide bonds. The van der Waals surface area contributed by atoms with E-state index in [1.807, 2.05) is 0 Å². The van der Waals surface area contributed by atoms with Crippen LogP contribution in [-0.4, -0.2) is 23.3 Å². The topological polar surface area (TPSA) is 46.5 Å². The van der Waals surface area contributed by atoms with Gasteiger partial charge in [0.1, 0.15) is 6.10 Å². The van der Waals surface area contributed by atoms with Crippen LogP contribution < -0.4 is 0 Å². The molecule has 188 valence electrons. The van der Waals surface area contributed by atoms with Crippen LogP contribution in [0.3, 0.4) is 0 Å². The van der Waals surface area contributed by atoms with Crippen molar-refractivity contribution in [2.24, 2.45) is 28.6 Å². The average Bonchev–Trinajstić information content (AvgIpc) is 3.10. The number of hydrogen-bond donors (Lipinski definition) is 1. The molecule has 4 rings (SSSR count). The Morgan fingerprint density at radius 2 is 1.67 bits per heavy atom. The van der Waals surface area contributed by atoms with E-state index in [0.29, 0.717) is 12.3 Å². The molecule has 0 saturated heterocycles. The number of hydrogen-bond acceptors (Lipinski definition) is 3. The van der Waals surface area contributed by atoms with Gasteiger partial charge in [-0.1, -0.05) is 71.3 Å². The van der Waals surface area contributed by atoms with E-state index >= 15 is 0 Å². The normalized spacial score (nSPS) is 39.9. The minimum atomic E-state index is -0.0931. The molecule has 33 heavy (non-hydrogen) atoms. The predicted molar refractivity (Wildman–Crippen MR) is 135 cm³/mol. The third-order valence-corrected chi connectivity index (χ3v) is 10.5. The molecule has 0 bridgehead atoms. The zero-order valence-electron chi connectivity index (χ0n) is 21.7. The highest BCUT2D eigenvalue weighted by atomic mass is 16.5. The van der Waals surface area contributed by atoms with E-state index in [-0.39, 0.29) is 29.0 Å². The van der Waals surface area contributed by atoms with E-state index in [2.05, 4.69) is 26.8 Å². The molecule has 0 unspecified atom stereocenters. The molecule has 4 aliphatic carbocycles. The first-order valence-electron chi connectivity index (χ1n) is 14.5. The number of carbonyl (C=O) groups is 1. The lowest BCUT2D eigenvalue weighted by atomic mass is 9.47. The van der Waals surface area contributed by atoms with Gasteiger partial charge in [0.05, 0.1) is 6.10 Å². The van der Waals surface area contributed by atoms with Crippen molar-refractivity contribution in [3.8, 4) is 0 Å². The minimum absolute atomic E-state index is 0.00618. The Balaban J connectivity index is 1.25. The van der Waals surface area contributed by atoms with Crippen LogP contribution in [0.5, 0.6) is 0 Å². The van der Waals surface area contributed by atoms with Gasteiger partial charge in [0.15, 0.2) is 0 Å². The molecule has 0 aromatic carbocycles. The number of aliphatic hydroxyl groups is 1. The molecule has 3 nitrogen and oxygen atoms in total. The Bertz CT molecular complexity index is 699. The average molecular weight is 459 g/mol. The van der Waals surface area contributed by atoms with E-state index in [9.17, 15) is 9.90 Å². The fraction of sp³-hybridized carbons (Fsp3) is 0.900. The lowest BCUT2D eigenvalue weighted by molar-refractivity contribution is -0.148. The van der Waals surface area contributed by atoms with E-state index in [4.69, 9.17) is 4.74 Å². The second kappa shape index (κ2) is 10.8. The molecule has 0 radical (unpaired) electrons. The van der Waals surface area contributed by atoms with Crippen molar-refractivity contribution in [2.75, 3.05) is 0 Å². The lowest BCUT2D eigenvalue weighted by Crippen LogP contribution is -2.51. The summed E-state index contributed by atoms with van der Waals surface area (Å²) in [6.07, 6.45) is 22.1. The molecule has 3 fully saturated rings. The van der Waals surface area contributed by atoms with Gasteiger partial charge < -0.3 is 9.84 Å². The quantitative estimate of drug-likeness (QED) is 0.207. The number of ether oxygens (including phenoxy) is 1. The van der Waals surface area contributed by atoms with E-state index in [0.717, 1.165) is 50.4 Å². The van der Waals surface area contributed by atoms with Gasteiger partial charge in [-0.2, -0.15) is 0 Å². The molecule has 0 heterocycles. The number of esters is 1. The fourth-order valence-electron chi connectivity index (χ4n) is 8.39. The van der Waals surface area contributed by atoms with Crippen molar-refractivity contribution >= 4 is 5.97 Å². The van der Waals surface area contributed by atoms with Crippen LogP contribution in [0.25, 0.3) is 0 Å². The van der Waals surface area contributed by atoms with Crippen LogP contribution in [-0.2, 0) is 9.53 Å². The van der Waals surface area contributed by atoms with Gasteiger partial charge >= 0.3 is 5.97 Å². The first kappa shape index (κ1) is 25.3. The minimum Gasteiger partial charge on any atom is -0.458 e. The van der Waals surface area contributed by atoms with Crippen molar-refractivity contribution < 1.29 is 14.6 Å².